The Hall–Kier alpha value is -0.410. The van der Waals surface area contributed by atoms with Crippen molar-refractivity contribution in [3.05, 3.63) is 0 Å². The minimum absolute atomic E-state index is 0.219. The van der Waals surface area contributed by atoms with Crippen LogP contribution in [0.5, 0.6) is 0 Å². The Labute approximate surface area is 125 Å². The van der Waals surface area contributed by atoms with Crippen molar-refractivity contribution in [1.29, 1.82) is 0 Å². The van der Waals surface area contributed by atoms with Crippen LogP contribution in [0, 0.1) is 11.3 Å². The van der Waals surface area contributed by atoms with Crippen molar-refractivity contribution in [2.24, 2.45) is 11.3 Å². The van der Waals surface area contributed by atoms with Gasteiger partial charge in [0.25, 0.3) is 0 Å². The summed E-state index contributed by atoms with van der Waals surface area (Å²) in [6, 6.07) is 0.572. The number of ketones is 1. The van der Waals surface area contributed by atoms with Crippen LogP contribution >= 0.6 is 0 Å². The maximum absolute atomic E-state index is 12.2. The summed E-state index contributed by atoms with van der Waals surface area (Å²) in [5.74, 6) is 0.689. The molecule has 0 bridgehead atoms. The number of methoxy groups -OCH3 is 1. The molecule has 0 spiro atoms. The van der Waals surface area contributed by atoms with Crippen LogP contribution < -0.4 is 0 Å². The zero-order valence-corrected chi connectivity index (χ0v) is 14.1. The van der Waals surface area contributed by atoms with Crippen LogP contribution in [0.1, 0.15) is 59.8 Å². The van der Waals surface area contributed by atoms with Gasteiger partial charge < -0.3 is 4.74 Å². The van der Waals surface area contributed by atoms with Crippen molar-refractivity contribution in [2.45, 2.75) is 65.8 Å². The molecule has 1 rings (SSSR count). The number of hydrogen-bond acceptors (Lipinski definition) is 3. The molecule has 1 fully saturated rings. The first kappa shape index (κ1) is 17.6. The van der Waals surface area contributed by atoms with Gasteiger partial charge in [-0.25, -0.2) is 0 Å². The molecule has 0 aromatic heterocycles. The van der Waals surface area contributed by atoms with Gasteiger partial charge in [0.1, 0.15) is 5.78 Å². The van der Waals surface area contributed by atoms with E-state index in [1.165, 1.54) is 0 Å². The fraction of sp³-hybridized carbons (Fsp3) is 0.941. The number of hydrogen-bond donors (Lipinski definition) is 0. The molecule has 0 radical (unpaired) electrons. The number of nitrogens with zero attached hydrogens (tertiary/aromatic N) is 1. The molecule has 3 nitrogen and oxygen atoms in total. The van der Waals surface area contributed by atoms with Gasteiger partial charge in [-0.1, -0.05) is 27.7 Å². The molecule has 0 N–H and O–H groups in total. The lowest BCUT2D eigenvalue weighted by Gasteiger charge is -2.39. The highest BCUT2D eigenvalue weighted by molar-refractivity contribution is 5.82. The van der Waals surface area contributed by atoms with Crippen molar-refractivity contribution in [1.82, 2.24) is 4.90 Å². The monoisotopic (exact) mass is 283 g/mol. The van der Waals surface area contributed by atoms with E-state index >= 15 is 0 Å². The van der Waals surface area contributed by atoms with Gasteiger partial charge in [0.15, 0.2) is 0 Å². The second-order valence-corrected chi connectivity index (χ2v) is 6.99. The van der Waals surface area contributed by atoms with E-state index in [9.17, 15) is 4.79 Å². The number of ether oxygens (including phenoxy) is 1. The standard InChI is InChI=1S/C17H33NO2/c1-6-15(7-2)18(10-11-20-5)13-14-12-17(3,4)9-8-16(14)19/h14-15H,6-13H2,1-5H3. The van der Waals surface area contributed by atoms with E-state index in [2.05, 4.69) is 32.6 Å². The highest BCUT2D eigenvalue weighted by atomic mass is 16.5. The summed E-state index contributed by atoms with van der Waals surface area (Å²) in [6.45, 7) is 11.7. The molecule has 1 aliphatic rings. The number of rotatable bonds is 8. The summed E-state index contributed by atoms with van der Waals surface area (Å²) >= 11 is 0. The summed E-state index contributed by atoms with van der Waals surface area (Å²) in [7, 11) is 1.75. The lowest BCUT2D eigenvalue weighted by atomic mass is 9.71. The molecule has 0 aliphatic heterocycles. The first-order chi connectivity index (χ1) is 9.43. The molecule has 20 heavy (non-hydrogen) atoms. The quantitative estimate of drug-likeness (QED) is 0.682. The van der Waals surface area contributed by atoms with Crippen LogP contribution in [0.4, 0.5) is 0 Å². The third kappa shape index (κ3) is 5.17. The van der Waals surface area contributed by atoms with E-state index in [4.69, 9.17) is 4.74 Å². The summed E-state index contributed by atoms with van der Waals surface area (Å²) in [6.07, 6.45) is 5.13. The molecular formula is C17H33NO2. The van der Waals surface area contributed by atoms with Crippen LogP contribution in [-0.2, 0) is 9.53 Å². The van der Waals surface area contributed by atoms with E-state index in [1.54, 1.807) is 7.11 Å². The third-order valence-corrected chi connectivity index (χ3v) is 4.80. The normalized spacial score (nSPS) is 22.8. The highest BCUT2D eigenvalue weighted by Gasteiger charge is 2.35. The minimum atomic E-state index is 0.219. The molecule has 1 aliphatic carbocycles. The second kappa shape index (κ2) is 8.14. The second-order valence-electron chi connectivity index (χ2n) is 6.99. The van der Waals surface area contributed by atoms with Crippen LogP contribution in [-0.4, -0.2) is 43.5 Å². The predicted molar refractivity (Wildman–Crippen MR) is 83.9 cm³/mol. The van der Waals surface area contributed by atoms with E-state index in [0.717, 1.165) is 51.8 Å². The van der Waals surface area contributed by atoms with Crippen molar-refractivity contribution in [2.75, 3.05) is 26.8 Å². The molecule has 0 saturated heterocycles. The summed E-state index contributed by atoms with van der Waals surface area (Å²) in [5.41, 5.74) is 0.319. The van der Waals surface area contributed by atoms with Crippen LogP contribution in [0.3, 0.4) is 0 Å². The molecule has 0 aromatic carbocycles. The van der Waals surface area contributed by atoms with Crippen LogP contribution in [0.2, 0.25) is 0 Å². The van der Waals surface area contributed by atoms with E-state index in [-0.39, 0.29) is 5.92 Å². The molecular weight excluding hydrogens is 250 g/mol. The average molecular weight is 283 g/mol. The Balaban J connectivity index is 2.68. The zero-order valence-electron chi connectivity index (χ0n) is 14.1. The van der Waals surface area contributed by atoms with Gasteiger partial charge >= 0.3 is 0 Å². The number of carbonyl (C=O) groups is 1. The van der Waals surface area contributed by atoms with Gasteiger partial charge in [-0.15, -0.1) is 0 Å². The molecule has 3 heteroatoms. The summed E-state index contributed by atoms with van der Waals surface area (Å²) < 4.78 is 5.24. The van der Waals surface area contributed by atoms with Crippen LogP contribution in [0.25, 0.3) is 0 Å². The molecule has 1 saturated carbocycles. The maximum Gasteiger partial charge on any atom is 0.137 e. The lowest BCUT2D eigenvalue weighted by molar-refractivity contribution is -0.128. The van der Waals surface area contributed by atoms with Gasteiger partial charge in [0, 0.05) is 38.6 Å². The fourth-order valence-corrected chi connectivity index (χ4v) is 3.43. The lowest BCUT2D eigenvalue weighted by Crippen LogP contribution is -2.44. The topological polar surface area (TPSA) is 29.5 Å². The maximum atomic E-state index is 12.2. The Morgan fingerprint density at radius 2 is 2.00 bits per heavy atom. The summed E-state index contributed by atoms with van der Waals surface area (Å²) in [4.78, 5) is 14.7. The minimum Gasteiger partial charge on any atom is -0.383 e. The SMILES string of the molecule is CCC(CC)N(CCOC)CC1CC(C)(C)CCC1=O. The molecule has 0 aromatic rings. The molecule has 1 atom stereocenters. The van der Waals surface area contributed by atoms with Crippen molar-refractivity contribution in [3.8, 4) is 0 Å². The third-order valence-electron chi connectivity index (χ3n) is 4.80. The van der Waals surface area contributed by atoms with Gasteiger partial charge in [-0.2, -0.15) is 0 Å². The Morgan fingerprint density at radius 1 is 1.35 bits per heavy atom. The van der Waals surface area contributed by atoms with Crippen molar-refractivity contribution < 1.29 is 9.53 Å². The smallest absolute Gasteiger partial charge is 0.137 e. The molecule has 118 valence electrons. The average Bonchev–Trinajstić information content (AvgIpc) is 2.41. The van der Waals surface area contributed by atoms with Gasteiger partial charge in [-0.3, -0.25) is 9.69 Å². The Kier molecular flexibility index (Phi) is 7.18. The van der Waals surface area contributed by atoms with Crippen molar-refractivity contribution >= 4 is 5.78 Å². The first-order valence-corrected chi connectivity index (χ1v) is 8.19. The first-order valence-electron chi connectivity index (χ1n) is 8.19. The Morgan fingerprint density at radius 3 is 2.55 bits per heavy atom. The Bertz CT molecular complexity index is 297. The molecule has 0 heterocycles. The zero-order chi connectivity index (χ0) is 15.2. The summed E-state index contributed by atoms with van der Waals surface area (Å²) in [5, 5.41) is 0. The largest absolute Gasteiger partial charge is 0.383 e. The van der Waals surface area contributed by atoms with E-state index in [1.807, 2.05) is 0 Å². The highest BCUT2D eigenvalue weighted by Crippen LogP contribution is 2.37. The molecule has 0 amide bonds. The van der Waals surface area contributed by atoms with Gasteiger partial charge in [0.05, 0.1) is 6.61 Å². The predicted octanol–water partition coefficient (Wildman–Crippen LogP) is 3.52. The van der Waals surface area contributed by atoms with Gasteiger partial charge in [0.2, 0.25) is 0 Å². The van der Waals surface area contributed by atoms with E-state index in [0.29, 0.717) is 17.2 Å². The van der Waals surface area contributed by atoms with Crippen molar-refractivity contribution in [3.63, 3.8) is 0 Å². The fourth-order valence-electron chi connectivity index (χ4n) is 3.43. The van der Waals surface area contributed by atoms with E-state index < -0.39 is 0 Å². The van der Waals surface area contributed by atoms with Crippen LogP contribution in [0.15, 0.2) is 0 Å². The van der Waals surface area contributed by atoms with Gasteiger partial charge in [-0.05, 0) is 31.1 Å². The number of carbonyl (C=O) groups excluding carboxylic acids is 1. The molecule has 1 unspecified atom stereocenters. The number of Topliss-reactive ketones (excluding diaryl/α,β-unsaturated/α-hetero) is 1.